The van der Waals surface area contributed by atoms with Crippen molar-refractivity contribution in [3.8, 4) is 0 Å². The number of fused-ring (bicyclic) bond motifs is 1. The van der Waals surface area contributed by atoms with Crippen molar-refractivity contribution in [3.05, 3.63) is 0 Å². The standard InChI is InChI=1S/C11H22NO6P/c1-12-6-7-8(18-19(12,5)13)9(14-2)10(15-3)11(16-4)17-7/h7-11H,6H2,1-5H3/t7-,8-,9+,10-,11?,19-/m1/s1. The zero-order valence-electron chi connectivity index (χ0n) is 11.9. The average molecular weight is 295 g/mol. The first-order chi connectivity index (χ1) is 8.94. The smallest absolute Gasteiger partial charge is 0.269 e. The van der Waals surface area contributed by atoms with Crippen molar-refractivity contribution in [2.24, 2.45) is 0 Å². The second kappa shape index (κ2) is 5.77. The molecule has 0 N–H and O–H groups in total. The summed E-state index contributed by atoms with van der Waals surface area (Å²) >= 11 is 0. The molecule has 112 valence electrons. The van der Waals surface area contributed by atoms with Crippen molar-refractivity contribution >= 4 is 7.52 Å². The molecule has 2 heterocycles. The number of hydrogen-bond donors (Lipinski definition) is 0. The summed E-state index contributed by atoms with van der Waals surface area (Å²) in [5, 5.41) is 0. The lowest BCUT2D eigenvalue weighted by atomic mass is 9.98. The van der Waals surface area contributed by atoms with Gasteiger partial charge in [-0.15, -0.1) is 0 Å². The Morgan fingerprint density at radius 3 is 2.32 bits per heavy atom. The lowest BCUT2D eigenvalue weighted by Crippen LogP contribution is -2.63. The highest BCUT2D eigenvalue weighted by Gasteiger charge is 2.53. The fraction of sp³-hybridized carbons (Fsp3) is 1.00. The Morgan fingerprint density at radius 2 is 1.79 bits per heavy atom. The van der Waals surface area contributed by atoms with E-state index >= 15 is 0 Å². The second-order valence-corrected chi connectivity index (χ2v) is 7.39. The highest BCUT2D eigenvalue weighted by atomic mass is 31.2. The highest BCUT2D eigenvalue weighted by Crippen LogP contribution is 2.52. The molecule has 0 aliphatic carbocycles. The third kappa shape index (κ3) is 2.74. The van der Waals surface area contributed by atoms with Crippen molar-refractivity contribution < 1.29 is 28.0 Å². The topological polar surface area (TPSA) is 66.5 Å². The molecule has 0 spiro atoms. The van der Waals surface area contributed by atoms with Crippen LogP contribution in [0, 0.1) is 0 Å². The molecule has 2 aliphatic heterocycles. The first-order valence-electron chi connectivity index (χ1n) is 6.16. The molecule has 2 aliphatic rings. The van der Waals surface area contributed by atoms with E-state index in [1.165, 1.54) is 0 Å². The van der Waals surface area contributed by atoms with Gasteiger partial charge >= 0.3 is 0 Å². The molecule has 1 unspecified atom stereocenters. The molecule has 0 aromatic rings. The summed E-state index contributed by atoms with van der Waals surface area (Å²) in [6.45, 7) is 2.11. The van der Waals surface area contributed by atoms with Gasteiger partial charge in [-0.1, -0.05) is 0 Å². The van der Waals surface area contributed by atoms with Crippen LogP contribution < -0.4 is 0 Å². The van der Waals surface area contributed by atoms with Gasteiger partial charge in [0.05, 0.1) is 0 Å². The van der Waals surface area contributed by atoms with Crippen LogP contribution >= 0.6 is 7.52 Å². The molecule has 0 amide bonds. The van der Waals surface area contributed by atoms with E-state index in [1.807, 2.05) is 0 Å². The number of ether oxygens (including phenoxy) is 4. The van der Waals surface area contributed by atoms with Crippen molar-refractivity contribution in [2.75, 3.05) is 41.6 Å². The molecule has 2 rings (SSSR count). The molecular formula is C11H22NO6P. The van der Waals surface area contributed by atoms with E-state index in [1.54, 1.807) is 39.7 Å². The summed E-state index contributed by atoms with van der Waals surface area (Å²) in [7, 11) is 3.65. The van der Waals surface area contributed by atoms with Crippen LogP contribution in [0.25, 0.3) is 0 Å². The SMILES string of the molecule is COC1O[C@@H]2CN(C)[P@](C)(=O)O[C@H]2[C@H](OC)[C@H]1OC. The molecule has 2 fully saturated rings. The van der Waals surface area contributed by atoms with Gasteiger partial charge in [-0.2, -0.15) is 0 Å². The molecule has 2 saturated heterocycles. The minimum atomic E-state index is -2.81. The Balaban J connectivity index is 2.25. The van der Waals surface area contributed by atoms with E-state index in [4.69, 9.17) is 23.5 Å². The van der Waals surface area contributed by atoms with Crippen molar-refractivity contribution in [1.29, 1.82) is 0 Å². The van der Waals surface area contributed by atoms with Gasteiger partial charge in [0.15, 0.2) is 6.29 Å². The van der Waals surface area contributed by atoms with E-state index in [9.17, 15) is 4.57 Å². The van der Waals surface area contributed by atoms with Gasteiger partial charge in [-0.25, -0.2) is 4.67 Å². The Kier molecular flexibility index (Phi) is 4.67. The number of methoxy groups -OCH3 is 3. The third-order valence-electron chi connectivity index (χ3n) is 3.75. The van der Waals surface area contributed by atoms with Gasteiger partial charge in [0.2, 0.25) is 0 Å². The Bertz CT molecular complexity index is 367. The Morgan fingerprint density at radius 1 is 1.16 bits per heavy atom. The monoisotopic (exact) mass is 295 g/mol. The molecule has 0 aromatic carbocycles. The summed E-state index contributed by atoms with van der Waals surface area (Å²) in [4.78, 5) is 0. The van der Waals surface area contributed by atoms with Gasteiger partial charge in [0.25, 0.3) is 7.52 Å². The fourth-order valence-electron chi connectivity index (χ4n) is 2.57. The maximum absolute atomic E-state index is 12.3. The molecular weight excluding hydrogens is 273 g/mol. The van der Waals surface area contributed by atoms with E-state index in [0.717, 1.165) is 0 Å². The minimum Gasteiger partial charge on any atom is -0.376 e. The molecule has 0 aromatic heterocycles. The maximum atomic E-state index is 12.3. The quantitative estimate of drug-likeness (QED) is 0.704. The zero-order chi connectivity index (χ0) is 14.2. The summed E-state index contributed by atoms with van der Waals surface area (Å²) in [6, 6.07) is 0. The van der Waals surface area contributed by atoms with Gasteiger partial charge in [-0.3, -0.25) is 4.57 Å². The van der Waals surface area contributed by atoms with E-state index < -0.39 is 26.0 Å². The summed E-state index contributed by atoms with van der Waals surface area (Å²) in [5.41, 5.74) is 0. The molecule has 0 saturated carbocycles. The molecule has 0 radical (unpaired) electrons. The van der Waals surface area contributed by atoms with Gasteiger partial charge < -0.3 is 23.5 Å². The van der Waals surface area contributed by atoms with Crippen LogP contribution in [0.3, 0.4) is 0 Å². The van der Waals surface area contributed by atoms with Crippen LogP contribution in [-0.4, -0.2) is 77.0 Å². The highest BCUT2D eigenvalue weighted by molar-refractivity contribution is 7.55. The second-order valence-electron chi connectivity index (χ2n) is 4.89. The Labute approximate surface area is 113 Å². The first-order valence-corrected chi connectivity index (χ1v) is 8.18. The summed E-state index contributed by atoms with van der Waals surface area (Å²) in [6.07, 6.45) is -2.00. The normalized spacial score (nSPS) is 47.9. The predicted molar refractivity (Wildman–Crippen MR) is 68.3 cm³/mol. The number of hydrogen-bond acceptors (Lipinski definition) is 6. The molecule has 8 heteroatoms. The van der Waals surface area contributed by atoms with E-state index in [2.05, 4.69) is 0 Å². The summed E-state index contributed by atoms with van der Waals surface area (Å²) in [5.74, 6) is 0. The lowest BCUT2D eigenvalue weighted by molar-refractivity contribution is -0.299. The summed E-state index contributed by atoms with van der Waals surface area (Å²) < 4.78 is 41.7. The predicted octanol–water partition coefficient (Wildman–Crippen LogP) is 0.541. The van der Waals surface area contributed by atoms with Crippen LogP contribution in [0.4, 0.5) is 0 Å². The molecule has 0 bridgehead atoms. The van der Waals surface area contributed by atoms with Crippen LogP contribution in [-0.2, 0) is 28.0 Å². The van der Waals surface area contributed by atoms with Gasteiger partial charge in [-0.05, 0) is 7.05 Å². The lowest BCUT2D eigenvalue weighted by Gasteiger charge is -2.49. The van der Waals surface area contributed by atoms with Gasteiger partial charge in [0.1, 0.15) is 24.4 Å². The fourth-order valence-corrected chi connectivity index (χ4v) is 3.90. The largest absolute Gasteiger partial charge is 0.376 e. The molecule has 7 nitrogen and oxygen atoms in total. The third-order valence-corrected chi connectivity index (χ3v) is 5.79. The van der Waals surface area contributed by atoms with Crippen LogP contribution in [0.5, 0.6) is 0 Å². The van der Waals surface area contributed by atoms with Crippen molar-refractivity contribution in [1.82, 2.24) is 4.67 Å². The van der Waals surface area contributed by atoms with Crippen LogP contribution in [0.15, 0.2) is 0 Å². The molecule has 6 atom stereocenters. The van der Waals surface area contributed by atoms with Crippen molar-refractivity contribution in [3.63, 3.8) is 0 Å². The average Bonchev–Trinajstić information content (AvgIpc) is 2.37. The van der Waals surface area contributed by atoms with E-state index in [-0.39, 0.29) is 12.2 Å². The van der Waals surface area contributed by atoms with Crippen LogP contribution in [0.2, 0.25) is 0 Å². The minimum absolute atomic E-state index is 0.256. The number of nitrogens with zero attached hydrogens (tertiary/aromatic N) is 1. The first kappa shape index (κ1) is 15.4. The van der Waals surface area contributed by atoms with Crippen LogP contribution in [0.1, 0.15) is 0 Å². The Hall–Kier alpha value is -0.0100. The number of rotatable bonds is 3. The number of likely N-dealkylation sites (N-methyl/N-ethyl adjacent to an activating group) is 1. The molecule has 19 heavy (non-hydrogen) atoms. The van der Waals surface area contributed by atoms with Crippen molar-refractivity contribution in [2.45, 2.75) is 30.7 Å². The van der Waals surface area contributed by atoms with E-state index in [0.29, 0.717) is 6.54 Å². The van der Waals surface area contributed by atoms with Gasteiger partial charge in [0, 0.05) is 34.5 Å². The maximum Gasteiger partial charge on any atom is 0.269 e. The zero-order valence-corrected chi connectivity index (χ0v) is 12.8.